The lowest BCUT2D eigenvalue weighted by atomic mass is 9.98. The van der Waals surface area contributed by atoms with Gasteiger partial charge in [-0.05, 0) is 37.3 Å². The molecule has 1 atom stereocenters. The van der Waals surface area contributed by atoms with Crippen molar-refractivity contribution in [2.45, 2.75) is 31.6 Å². The van der Waals surface area contributed by atoms with E-state index >= 15 is 0 Å². The Morgan fingerprint density at radius 1 is 1.43 bits per heavy atom. The molecule has 2 rings (SSSR count). The molecule has 0 spiro atoms. The van der Waals surface area contributed by atoms with Gasteiger partial charge in [0.05, 0.1) is 6.61 Å². The predicted molar refractivity (Wildman–Crippen MR) is 59.8 cm³/mol. The second-order valence-electron chi connectivity index (χ2n) is 3.92. The summed E-state index contributed by atoms with van der Waals surface area (Å²) in [6.45, 7) is 0.728. The molecule has 0 amide bonds. The Bertz CT molecular complexity index is 281. The van der Waals surface area contributed by atoms with Crippen molar-refractivity contribution in [2.24, 2.45) is 5.73 Å². The third kappa shape index (κ3) is 1.85. The largest absolute Gasteiger partial charge is 0.396 e. The van der Waals surface area contributed by atoms with Gasteiger partial charge in [-0.3, -0.25) is 0 Å². The SMILES string of the molecule is NCC(CO)c1cc2c(s1)CCCC2. The molecule has 1 unspecified atom stereocenters. The van der Waals surface area contributed by atoms with E-state index in [1.807, 2.05) is 11.3 Å². The highest BCUT2D eigenvalue weighted by Gasteiger charge is 2.17. The number of aliphatic hydroxyl groups is 1. The Labute approximate surface area is 88.8 Å². The number of aliphatic hydroxyl groups excluding tert-OH is 1. The molecule has 3 heteroatoms. The number of aryl methyl sites for hydroxylation is 2. The van der Waals surface area contributed by atoms with Crippen LogP contribution in [0.1, 0.15) is 34.1 Å². The van der Waals surface area contributed by atoms with Crippen LogP contribution in [0.15, 0.2) is 6.07 Å². The van der Waals surface area contributed by atoms with E-state index in [9.17, 15) is 0 Å². The highest BCUT2D eigenvalue weighted by molar-refractivity contribution is 7.12. The fourth-order valence-corrected chi connectivity index (χ4v) is 3.36. The van der Waals surface area contributed by atoms with Crippen LogP contribution in [0.3, 0.4) is 0 Å². The normalized spacial score (nSPS) is 17.9. The van der Waals surface area contributed by atoms with E-state index in [1.54, 1.807) is 0 Å². The predicted octanol–water partition coefficient (Wildman–Crippen LogP) is 1.66. The maximum absolute atomic E-state index is 9.17. The standard InChI is InChI=1S/C11H17NOS/c12-6-9(7-13)11-5-8-3-1-2-4-10(8)14-11/h5,9,13H,1-4,6-7,12H2. The fourth-order valence-electron chi connectivity index (χ4n) is 2.00. The first-order valence-electron chi connectivity index (χ1n) is 5.27. The molecule has 3 N–H and O–H groups in total. The second kappa shape index (κ2) is 4.43. The second-order valence-corrected chi connectivity index (χ2v) is 5.09. The monoisotopic (exact) mass is 211 g/mol. The summed E-state index contributed by atoms with van der Waals surface area (Å²) in [5.41, 5.74) is 7.12. The first kappa shape index (κ1) is 10.1. The number of hydrogen-bond acceptors (Lipinski definition) is 3. The summed E-state index contributed by atoms with van der Waals surface area (Å²) in [5.74, 6) is 0.158. The van der Waals surface area contributed by atoms with Crippen LogP contribution in [0.25, 0.3) is 0 Å². The molecular weight excluding hydrogens is 194 g/mol. The molecule has 0 aliphatic heterocycles. The van der Waals surface area contributed by atoms with Crippen LogP contribution < -0.4 is 5.73 Å². The van der Waals surface area contributed by atoms with Gasteiger partial charge in [0, 0.05) is 22.2 Å². The number of nitrogens with two attached hydrogens (primary N) is 1. The topological polar surface area (TPSA) is 46.2 Å². The first-order valence-corrected chi connectivity index (χ1v) is 6.09. The minimum Gasteiger partial charge on any atom is -0.396 e. The van der Waals surface area contributed by atoms with Crippen molar-refractivity contribution in [1.29, 1.82) is 0 Å². The minimum absolute atomic E-state index is 0.158. The Balaban J connectivity index is 2.22. The van der Waals surface area contributed by atoms with Crippen molar-refractivity contribution in [3.8, 4) is 0 Å². The van der Waals surface area contributed by atoms with Gasteiger partial charge in [-0.2, -0.15) is 0 Å². The fraction of sp³-hybridized carbons (Fsp3) is 0.636. The van der Waals surface area contributed by atoms with E-state index in [1.165, 1.54) is 41.0 Å². The van der Waals surface area contributed by atoms with Crippen LogP contribution in [0, 0.1) is 0 Å². The van der Waals surface area contributed by atoms with Crippen molar-refractivity contribution in [2.75, 3.05) is 13.2 Å². The minimum atomic E-state index is 0.158. The highest BCUT2D eigenvalue weighted by atomic mass is 32.1. The average molecular weight is 211 g/mol. The van der Waals surface area contributed by atoms with E-state index in [-0.39, 0.29) is 12.5 Å². The van der Waals surface area contributed by atoms with E-state index in [0.717, 1.165) is 0 Å². The third-order valence-electron chi connectivity index (χ3n) is 2.92. The van der Waals surface area contributed by atoms with Crippen LogP contribution in [-0.2, 0) is 12.8 Å². The van der Waals surface area contributed by atoms with Gasteiger partial charge in [0.15, 0.2) is 0 Å². The lowest BCUT2D eigenvalue weighted by Gasteiger charge is -2.08. The quantitative estimate of drug-likeness (QED) is 0.798. The molecule has 0 bridgehead atoms. The Kier molecular flexibility index (Phi) is 3.21. The van der Waals surface area contributed by atoms with Crippen molar-refractivity contribution in [3.05, 3.63) is 21.4 Å². The number of rotatable bonds is 3. The zero-order valence-electron chi connectivity index (χ0n) is 8.33. The molecule has 0 saturated heterocycles. The Hall–Kier alpha value is -0.380. The van der Waals surface area contributed by atoms with Gasteiger partial charge in [0.1, 0.15) is 0 Å². The average Bonchev–Trinajstić information content (AvgIpc) is 2.63. The molecule has 0 fully saturated rings. The number of thiophene rings is 1. The molecular formula is C11H17NOS. The third-order valence-corrected chi connectivity index (χ3v) is 4.32. The van der Waals surface area contributed by atoms with Crippen molar-refractivity contribution < 1.29 is 5.11 Å². The van der Waals surface area contributed by atoms with Crippen LogP contribution in [0.2, 0.25) is 0 Å². The molecule has 78 valence electrons. The van der Waals surface area contributed by atoms with Crippen LogP contribution >= 0.6 is 11.3 Å². The highest BCUT2D eigenvalue weighted by Crippen LogP contribution is 2.33. The summed E-state index contributed by atoms with van der Waals surface area (Å²) >= 11 is 1.85. The summed E-state index contributed by atoms with van der Waals surface area (Å²) in [7, 11) is 0. The van der Waals surface area contributed by atoms with Crippen LogP contribution in [0.5, 0.6) is 0 Å². The number of fused-ring (bicyclic) bond motifs is 1. The van der Waals surface area contributed by atoms with Gasteiger partial charge in [0.2, 0.25) is 0 Å². The number of hydrogen-bond donors (Lipinski definition) is 2. The van der Waals surface area contributed by atoms with Crippen LogP contribution in [-0.4, -0.2) is 18.3 Å². The summed E-state index contributed by atoms with van der Waals surface area (Å²) in [5, 5.41) is 9.17. The molecule has 1 aromatic heterocycles. The molecule has 0 aromatic carbocycles. The van der Waals surface area contributed by atoms with Gasteiger partial charge in [0.25, 0.3) is 0 Å². The zero-order chi connectivity index (χ0) is 9.97. The molecule has 0 radical (unpaired) electrons. The van der Waals surface area contributed by atoms with Crippen molar-refractivity contribution in [1.82, 2.24) is 0 Å². The van der Waals surface area contributed by atoms with E-state index in [4.69, 9.17) is 10.8 Å². The van der Waals surface area contributed by atoms with Crippen molar-refractivity contribution in [3.63, 3.8) is 0 Å². The summed E-state index contributed by atoms with van der Waals surface area (Å²) < 4.78 is 0. The van der Waals surface area contributed by atoms with E-state index < -0.39 is 0 Å². The van der Waals surface area contributed by atoms with Crippen LogP contribution in [0.4, 0.5) is 0 Å². The molecule has 2 nitrogen and oxygen atoms in total. The van der Waals surface area contributed by atoms with Gasteiger partial charge < -0.3 is 10.8 Å². The first-order chi connectivity index (χ1) is 6.85. The van der Waals surface area contributed by atoms with Gasteiger partial charge in [-0.15, -0.1) is 11.3 Å². The maximum Gasteiger partial charge on any atom is 0.0519 e. The summed E-state index contributed by atoms with van der Waals surface area (Å²) in [6.07, 6.45) is 5.08. The van der Waals surface area contributed by atoms with Gasteiger partial charge in [-0.25, -0.2) is 0 Å². The summed E-state index contributed by atoms with van der Waals surface area (Å²) in [4.78, 5) is 2.81. The van der Waals surface area contributed by atoms with Gasteiger partial charge >= 0.3 is 0 Å². The maximum atomic E-state index is 9.17. The molecule has 1 aromatic rings. The molecule has 1 heterocycles. The van der Waals surface area contributed by atoms with E-state index in [2.05, 4.69) is 6.07 Å². The molecule has 1 aliphatic rings. The van der Waals surface area contributed by atoms with Crippen molar-refractivity contribution >= 4 is 11.3 Å². The Morgan fingerprint density at radius 3 is 2.86 bits per heavy atom. The Morgan fingerprint density at radius 2 is 2.21 bits per heavy atom. The molecule has 0 saturated carbocycles. The lowest BCUT2D eigenvalue weighted by molar-refractivity contribution is 0.269. The smallest absolute Gasteiger partial charge is 0.0519 e. The van der Waals surface area contributed by atoms with Gasteiger partial charge in [-0.1, -0.05) is 0 Å². The molecule has 1 aliphatic carbocycles. The van der Waals surface area contributed by atoms with E-state index in [0.29, 0.717) is 6.54 Å². The summed E-state index contributed by atoms with van der Waals surface area (Å²) in [6, 6.07) is 2.26. The lowest BCUT2D eigenvalue weighted by Crippen LogP contribution is -2.14. The molecule has 14 heavy (non-hydrogen) atoms. The zero-order valence-corrected chi connectivity index (χ0v) is 9.15.